The largest absolute Gasteiger partial charge is 0.0622 e. The molecule has 0 aliphatic heterocycles. The van der Waals surface area contributed by atoms with Crippen molar-refractivity contribution >= 4 is 21.5 Å². The van der Waals surface area contributed by atoms with Gasteiger partial charge in [-0.3, -0.25) is 0 Å². The molecule has 0 amide bonds. The standard InChI is InChI=1S/C54H42/c1-35-25-49-50(26-36(35)2)54(48-33-45(41-21-13-7-14-22-41)30-46(34-48)42-23-15-8-16-24-42)52-28-38(4)37(3)27-51(52)53(49)47-31-43(39-17-9-5-10-18-39)29-44(32-47)40-19-11-6-12-20-40/h5-34H,1-4H3. The maximum Gasteiger partial charge on any atom is -0.00257 e. The first-order valence-corrected chi connectivity index (χ1v) is 18.9. The van der Waals surface area contributed by atoms with E-state index in [4.69, 9.17) is 0 Å². The van der Waals surface area contributed by atoms with Gasteiger partial charge >= 0.3 is 0 Å². The maximum atomic E-state index is 2.44. The highest BCUT2D eigenvalue weighted by molar-refractivity contribution is 6.22. The van der Waals surface area contributed by atoms with Crippen LogP contribution in [0.2, 0.25) is 0 Å². The highest BCUT2D eigenvalue weighted by atomic mass is 14.2. The number of benzene rings is 9. The molecule has 0 aliphatic carbocycles. The van der Waals surface area contributed by atoms with Crippen LogP contribution in [0, 0.1) is 27.7 Å². The van der Waals surface area contributed by atoms with Crippen molar-refractivity contribution in [3.63, 3.8) is 0 Å². The minimum absolute atomic E-state index is 1.21. The van der Waals surface area contributed by atoms with Crippen LogP contribution in [-0.2, 0) is 0 Å². The molecule has 258 valence electrons. The van der Waals surface area contributed by atoms with Gasteiger partial charge in [-0.05, 0) is 175 Å². The van der Waals surface area contributed by atoms with Crippen molar-refractivity contribution in [1.82, 2.24) is 0 Å². The molecule has 0 aliphatic rings. The lowest BCUT2D eigenvalue weighted by molar-refractivity contribution is 1.36. The van der Waals surface area contributed by atoms with Crippen molar-refractivity contribution in [1.29, 1.82) is 0 Å². The first kappa shape index (κ1) is 33.3. The van der Waals surface area contributed by atoms with Gasteiger partial charge in [0.2, 0.25) is 0 Å². The summed E-state index contributed by atoms with van der Waals surface area (Å²) in [6.07, 6.45) is 0. The average molecular weight is 691 g/mol. The lowest BCUT2D eigenvalue weighted by Crippen LogP contribution is -1.96. The second kappa shape index (κ2) is 13.8. The quantitative estimate of drug-likeness (QED) is 0.152. The molecule has 54 heavy (non-hydrogen) atoms. The van der Waals surface area contributed by atoms with E-state index in [2.05, 4.69) is 210 Å². The first-order valence-electron chi connectivity index (χ1n) is 18.9. The van der Waals surface area contributed by atoms with Crippen LogP contribution in [0.3, 0.4) is 0 Å². The van der Waals surface area contributed by atoms with Gasteiger partial charge in [0.25, 0.3) is 0 Å². The van der Waals surface area contributed by atoms with E-state index in [-0.39, 0.29) is 0 Å². The number of aryl methyl sites for hydroxylation is 4. The van der Waals surface area contributed by atoms with E-state index in [1.165, 1.54) is 111 Å². The van der Waals surface area contributed by atoms with E-state index < -0.39 is 0 Å². The Labute approximate surface area is 319 Å². The summed E-state index contributed by atoms with van der Waals surface area (Å²) in [6, 6.07) is 67.3. The second-order valence-electron chi connectivity index (χ2n) is 14.8. The van der Waals surface area contributed by atoms with Gasteiger partial charge in [0.05, 0.1) is 0 Å². The Morgan fingerprint density at radius 3 is 0.630 bits per heavy atom. The van der Waals surface area contributed by atoms with E-state index in [1.54, 1.807) is 0 Å². The third kappa shape index (κ3) is 6.10. The van der Waals surface area contributed by atoms with Gasteiger partial charge in [-0.25, -0.2) is 0 Å². The molecule has 0 fully saturated rings. The van der Waals surface area contributed by atoms with Crippen molar-refractivity contribution in [3.05, 3.63) is 204 Å². The lowest BCUT2D eigenvalue weighted by atomic mass is 9.81. The second-order valence-corrected chi connectivity index (χ2v) is 14.8. The van der Waals surface area contributed by atoms with Crippen LogP contribution in [-0.4, -0.2) is 0 Å². The maximum absolute atomic E-state index is 2.44. The lowest BCUT2D eigenvalue weighted by Gasteiger charge is -2.22. The summed E-state index contributed by atoms with van der Waals surface area (Å²) in [5.41, 5.74) is 19.9. The van der Waals surface area contributed by atoms with Crippen LogP contribution in [0.25, 0.3) is 88.3 Å². The fourth-order valence-electron chi connectivity index (χ4n) is 8.10. The van der Waals surface area contributed by atoms with Crippen molar-refractivity contribution in [3.8, 4) is 66.8 Å². The first-order chi connectivity index (χ1) is 26.4. The number of hydrogen-bond acceptors (Lipinski definition) is 0. The summed E-state index contributed by atoms with van der Waals surface area (Å²) >= 11 is 0. The SMILES string of the molecule is Cc1cc2c(-c3cc(-c4ccccc4)cc(-c4ccccc4)c3)c3cc(C)c(C)cc3c(-c3cc(-c4ccccc4)cc(-c4ccccc4)c3)c2cc1C. The highest BCUT2D eigenvalue weighted by Gasteiger charge is 2.21. The Hall–Kier alpha value is -6.50. The van der Waals surface area contributed by atoms with Crippen LogP contribution in [0.5, 0.6) is 0 Å². The van der Waals surface area contributed by atoms with E-state index >= 15 is 0 Å². The monoisotopic (exact) mass is 690 g/mol. The highest BCUT2D eigenvalue weighted by Crippen LogP contribution is 2.48. The van der Waals surface area contributed by atoms with Crippen molar-refractivity contribution in [2.75, 3.05) is 0 Å². The van der Waals surface area contributed by atoms with E-state index in [1.807, 2.05) is 0 Å². The van der Waals surface area contributed by atoms with Gasteiger partial charge < -0.3 is 0 Å². The van der Waals surface area contributed by atoms with Crippen LogP contribution < -0.4 is 0 Å². The molecule has 0 unspecified atom stereocenters. The van der Waals surface area contributed by atoms with Crippen LogP contribution in [0.4, 0.5) is 0 Å². The van der Waals surface area contributed by atoms with Gasteiger partial charge in [-0.1, -0.05) is 146 Å². The van der Waals surface area contributed by atoms with Gasteiger partial charge in [0.15, 0.2) is 0 Å². The third-order valence-electron chi connectivity index (χ3n) is 11.2. The van der Waals surface area contributed by atoms with E-state index in [0.29, 0.717) is 0 Å². The molecule has 0 saturated heterocycles. The van der Waals surface area contributed by atoms with Gasteiger partial charge in [0, 0.05) is 0 Å². The van der Waals surface area contributed by atoms with Crippen LogP contribution in [0.1, 0.15) is 22.3 Å². The molecule has 0 bridgehead atoms. The summed E-state index contributed by atoms with van der Waals surface area (Å²) in [7, 11) is 0. The minimum atomic E-state index is 1.21. The van der Waals surface area contributed by atoms with Crippen molar-refractivity contribution in [2.45, 2.75) is 27.7 Å². The van der Waals surface area contributed by atoms with Crippen molar-refractivity contribution in [2.24, 2.45) is 0 Å². The predicted molar refractivity (Wildman–Crippen MR) is 233 cm³/mol. The summed E-state index contributed by atoms with van der Waals surface area (Å²) in [5, 5.41) is 5.11. The van der Waals surface area contributed by atoms with Gasteiger partial charge in [0.1, 0.15) is 0 Å². The Bertz CT molecular complexity index is 2430. The summed E-state index contributed by atoms with van der Waals surface area (Å²) in [5.74, 6) is 0. The molecule has 9 aromatic rings. The molecular formula is C54H42. The summed E-state index contributed by atoms with van der Waals surface area (Å²) in [6.45, 7) is 9.01. The smallest absolute Gasteiger partial charge is 0.00257 e. The third-order valence-corrected chi connectivity index (χ3v) is 11.2. The Balaban J connectivity index is 1.42. The summed E-state index contributed by atoms with van der Waals surface area (Å²) < 4.78 is 0. The predicted octanol–water partition coefficient (Wildman–Crippen LogP) is 15.2. The fourth-order valence-corrected chi connectivity index (χ4v) is 8.10. The van der Waals surface area contributed by atoms with E-state index in [9.17, 15) is 0 Å². The van der Waals surface area contributed by atoms with Crippen LogP contribution in [0.15, 0.2) is 182 Å². The van der Waals surface area contributed by atoms with Gasteiger partial charge in [-0.2, -0.15) is 0 Å². The summed E-state index contributed by atoms with van der Waals surface area (Å²) in [4.78, 5) is 0. The molecule has 9 aromatic carbocycles. The number of hydrogen-bond donors (Lipinski definition) is 0. The fraction of sp³-hybridized carbons (Fsp3) is 0.0741. The Kier molecular flexibility index (Phi) is 8.53. The normalized spacial score (nSPS) is 11.3. The Morgan fingerprint density at radius 1 is 0.204 bits per heavy atom. The molecule has 0 spiro atoms. The molecule has 0 heteroatoms. The molecule has 0 radical (unpaired) electrons. The van der Waals surface area contributed by atoms with E-state index in [0.717, 1.165) is 0 Å². The molecule has 0 aromatic heterocycles. The Morgan fingerprint density at radius 2 is 0.407 bits per heavy atom. The molecule has 9 rings (SSSR count). The molecule has 0 heterocycles. The number of rotatable bonds is 6. The zero-order valence-corrected chi connectivity index (χ0v) is 31.3. The molecular weight excluding hydrogens is 649 g/mol. The van der Waals surface area contributed by atoms with Gasteiger partial charge in [-0.15, -0.1) is 0 Å². The average Bonchev–Trinajstić information content (AvgIpc) is 3.22. The topological polar surface area (TPSA) is 0 Å². The zero-order valence-electron chi connectivity index (χ0n) is 31.3. The molecule has 0 N–H and O–H groups in total. The van der Waals surface area contributed by atoms with Crippen molar-refractivity contribution < 1.29 is 0 Å². The molecule has 0 atom stereocenters. The molecule has 0 saturated carbocycles. The zero-order chi connectivity index (χ0) is 36.8. The minimum Gasteiger partial charge on any atom is -0.0622 e. The van der Waals surface area contributed by atoms with Crippen LogP contribution >= 0.6 is 0 Å². The number of fused-ring (bicyclic) bond motifs is 2. The molecule has 0 nitrogen and oxygen atoms in total.